The summed E-state index contributed by atoms with van der Waals surface area (Å²) in [6, 6.07) is 10.9. The third-order valence-corrected chi connectivity index (χ3v) is 3.36. The first-order valence-corrected chi connectivity index (χ1v) is 6.01. The predicted octanol–water partition coefficient (Wildman–Crippen LogP) is 2.94. The number of rotatable bonds is 3. The van der Waals surface area contributed by atoms with Crippen molar-refractivity contribution in [3.05, 3.63) is 52.0 Å². The van der Waals surface area contributed by atoms with Crippen LogP contribution in [0.1, 0.15) is 27.0 Å². The molecule has 0 aliphatic heterocycles. The Morgan fingerprint density at radius 1 is 1.41 bits per heavy atom. The van der Waals surface area contributed by atoms with E-state index in [1.54, 1.807) is 24.3 Å². The molecule has 0 saturated carbocycles. The van der Waals surface area contributed by atoms with Crippen LogP contribution in [0.2, 0.25) is 0 Å². The number of benzene rings is 1. The summed E-state index contributed by atoms with van der Waals surface area (Å²) in [6.07, 6.45) is 0. The second kappa shape index (κ2) is 4.89. The Bertz CT molecular complexity index is 569. The van der Waals surface area contributed by atoms with Gasteiger partial charge in [0.05, 0.1) is 6.07 Å². The molecule has 0 saturated heterocycles. The summed E-state index contributed by atoms with van der Waals surface area (Å²) in [7, 11) is 0. The number of nitriles is 1. The van der Waals surface area contributed by atoms with E-state index in [9.17, 15) is 4.79 Å². The quantitative estimate of drug-likeness (QED) is 0.777. The van der Waals surface area contributed by atoms with Gasteiger partial charge in [0.15, 0.2) is 11.7 Å². The van der Waals surface area contributed by atoms with Crippen molar-refractivity contribution >= 4 is 17.1 Å². The molecule has 0 aliphatic rings. The number of aromatic nitrogens is 1. The zero-order valence-electron chi connectivity index (χ0n) is 9.25. The maximum absolute atomic E-state index is 12.1. The number of Topliss-reactive ketones (excluding diaryl/α,β-unsaturated/α-hetero) is 1. The fourth-order valence-electron chi connectivity index (χ4n) is 1.50. The zero-order chi connectivity index (χ0) is 12.3. The lowest BCUT2D eigenvalue weighted by Gasteiger charge is -2.04. The van der Waals surface area contributed by atoms with Crippen LogP contribution < -0.4 is 0 Å². The van der Waals surface area contributed by atoms with Crippen LogP contribution in [0.3, 0.4) is 0 Å². The van der Waals surface area contributed by atoms with Gasteiger partial charge in [0.1, 0.15) is 5.01 Å². The lowest BCUT2D eigenvalue weighted by molar-refractivity contribution is 0.0979. The topological polar surface area (TPSA) is 53.8 Å². The highest BCUT2D eigenvalue weighted by molar-refractivity contribution is 7.10. The van der Waals surface area contributed by atoms with Crippen LogP contribution in [0.5, 0.6) is 0 Å². The summed E-state index contributed by atoms with van der Waals surface area (Å²) < 4.78 is 0. The van der Waals surface area contributed by atoms with Crippen LogP contribution in [-0.4, -0.2) is 10.8 Å². The SMILES string of the molecule is Cc1csc(C(C#N)C(=O)c2ccccc2)n1. The average molecular weight is 242 g/mol. The van der Waals surface area contributed by atoms with Gasteiger partial charge in [-0.05, 0) is 6.92 Å². The number of carbonyl (C=O) groups is 1. The largest absolute Gasteiger partial charge is 0.292 e. The molecule has 0 bridgehead atoms. The third-order valence-electron chi connectivity index (χ3n) is 2.33. The van der Waals surface area contributed by atoms with E-state index in [0.29, 0.717) is 10.6 Å². The molecule has 84 valence electrons. The minimum atomic E-state index is -0.795. The summed E-state index contributed by atoms with van der Waals surface area (Å²) in [5.74, 6) is -0.987. The van der Waals surface area contributed by atoms with E-state index in [4.69, 9.17) is 5.26 Å². The third kappa shape index (κ3) is 2.40. The van der Waals surface area contributed by atoms with Gasteiger partial charge in [-0.15, -0.1) is 11.3 Å². The van der Waals surface area contributed by atoms with Crippen molar-refractivity contribution in [3.63, 3.8) is 0 Å². The Morgan fingerprint density at radius 3 is 2.65 bits per heavy atom. The first kappa shape index (κ1) is 11.5. The van der Waals surface area contributed by atoms with Gasteiger partial charge >= 0.3 is 0 Å². The summed E-state index contributed by atoms with van der Waals surface area (Å²) in [5.41, 5.74) is 1.39. The summed E-state index contributed by atoms with van der Waals surface area (Å²) >= 11 is 1.35. The minimum absolute atomic E-state index is 0.192. The normalized spacial score (nSPS) is 11.8. The smallest absolute Gasteiger partial charge is 0.186 e. The van der Waals surface area contributed by atoms with Crippen molar-refractivity contribution in [1.29, 1.82) is 5.26 Å². The van der Waals surface area contributed by atoms with E-state index in [2.05, 4.69) is 4.98 Å². The molecular weight excluding hydrogens is 232 g/mol. The molecule has 2 aromatic rings. The Kier molecular flexibility index (Phi) is 3.31. The van der Waals surface area contributed by atoms with Gasteiger partial charge in [-0.1, -0.05) is 30.3 Å². The van der Waals surface area contributed by atoms with E-state index in [1.807, 2.05) is 24.4 Å². The molecule has 1 aromatic carbocycles. The predicted molar refractivity (Wildman–Crippen MR) is 66.0 cm³/mol. The number of hydrogen-bond donors (Lipinski definition) is 0. The number of nitrogens with zero attached hydrogens (tertiary/aromatic N) is 2. The Labute approximate surface area is 103 Å². The molecule has 1 aromatic heterocycles. The molecule has 2 rings (SSSR count). The Hall–Kier alpha value is -1.99. The first-order valence-electron chi connectivity index (χ1n) is 5.13. The van der Waals surface area contributed by atoms with E-state index in [-0.39, 0.29) is 5.78 Å². The van der Waals surface area contributed by atoms with Crippen LogP contribution in [0.4, 0.5) is 0 Å². The summed E-state index contributed by atoms with van der Waals surface area (Å²) in [5, 5.41) is 11.5. The number of hydrogen-bond acceptors (Lipinski definition) is 4. The molecule has 1 atom stereocenters. The van der Waals surface area contributed by atoms with Gasteiger partial charge in [-0.2, -0.15) is 5.26 Å². The van der Waals surface area contributed by atoms with Gasteiger partial charge in [0.25, 0.3) is 0 Å². The van der Waals surface area contributed by atoms with Crippen LogP contribution in [0.15, 0.2) is 35.7 Å². The van der Waals surface area contributed by atoms with Crippen molar-refractivity contribution in [1.82, 2.24) is 4.98 Å². The molecule has 17 heavy (non-hydrogen) atoms. The molecule has 1 unspecified atom stereocenters. The highest BCUT2D eigenvalue weighted by Crippen LogP contribution is 2.23. The number of aryl methyl sites for hydroxylation is 1. The first-order chi connectivity index (χ1) is 8.22. The van der Waals surface area contributed by atoms with Gasteiger partial charge in [-0.25, -0.2) is 4.98 Å². The van der Waals surface area contributed by atoms with Crippen molar-refractivity contribution < 1.29 is 4.79 Å². The lowest BCUT2D eigenvalue weighted by atomic mass is 9.99. The van der Waals surface area contributed by atoms with E-state index in [1.165, 1.54) is 11.3 Å². The zero-order valence-corrected chi connectivity index (χ0v) is 10.1. The van der Waals surface area contributed by atoms with Crippen molar-refractivity contribution in [3.8, 4) is 6.07 Å². The Morgan fingerprint density at radius 2 is 2.12 bits per heavy atom. The van der Waals surface area contributed by atoms with E-state index >= 15 is 0 Å². The Balaban J connectivity index is 2.32. The van der Waals surface area contributed by atoms with Crippen LogP contribution in [-0.2, 0) is 0 Å². The van der Waals surface area contributed by atoms with E-state index in [0.717, 1.165) is 5.69 Å². The maximum Gasteiger partial charge on any atom is 0.186 e. The van der Waals surface area contributed by atoms with Crippen molar-refractivity contribution in [2.75, 3.05) is 0 Å². The molecule has 0 spiro atoms. The average Bonchev–Trinajstić information content (AvgIpc) is 2.78. The van der Waals surface area contributed by atoms with E-state index < -0.39 is 5.92 Å². The van der Waals surface area contributed by atoms with Crippen LogP contribution in [0, 0.1) is 18.3 Å². The monoisotopic (exact) mass is 242 g/mol. The van der Waals surface area contributed by atoms with Gasteiger partial charge < -0.3 is 0 Å². The molecular formula is C13H10N2OS. The summed E-state index contributed by atoms with van der Waals surface area (Å²) in [6.45, 7) is 1.85. The molecule has 0 radical (unpaired) electrons. The van der Waals surface area contributed by atoms with Crippen LogP contribution >= 0.6 is 11.3 Å². The van der Waals surface area contributed by atoms with Crippen LogP contribution in [0.25, 0.3) is 0 Å². The molecule has 0 N–H and O–H groups in total. The highest BCUT2D eigenvalue weighted by Gasteiger charge is 2.24. The fourth-order valence-corrected chi connectivity index (χ4v) is 2.34. The molecule has 4 heteroatoms. The lowest BCUT2D eigenvalue weighted by Crippen LogP contribution is -2.10. The second-order valence-electron chi connectivity index (χ2n) is 3.62. The highest BCUT2D eigenvalue weighted by atomic mass is 32.1. The standard InChI is InChI=1S/C13H10N2OS/c1-9-8-17-13(15-9)11(7-14)12(16)10-5-3-2-4-6-10/h2-6,8,11H,1H3. The molecule has 3 nitrogen and oxygen atoms in total. The van der Waals surface area contributed by atoms with Gasteiger partial charge in [0, 0.05) is 16.6 Å². The second-order valence-corrected chi connectivity index (χ2v) is 4.51. The molecule has 0 fully saturated rings. The summed E-state index contributed by atoms with van der Waals surface area (Å²) in [4.78, 5) is 16.3. The minimum Gasteiger partial charge on any atom is -0.292 e. The molecule has 0 amide bonds. The number of thiazole rings is 1. The number of carbonyl (C=O) groups excluding carboxylic acids is 1. The van der Waals surface area contributed by atoms with Crippen molar-refractivity contribution in [2.45, 2.75) is 12.8 Å². The number of ketones is 1. The molecule has 0 aliphatic carbocycles. The fraction of sp³-hybridized carbons (Fsp3) is 0.154. The maximum atomic E-state index is 12.1. The van der Waals surface area contributed by atoms with Gasteiger partial charge in [-0.3, -0.25) is 4.79 Å². The van der Waals surface area contributed by atoms with Gasteiger partial charge in [0.2, 0.25) is 0 Å². The molecule has 1 heterocycles. The van der Waals surface area contributed by atoms with Crippen molar-refractivity contribution in [2.24, 2.45) is 0 Å².